The van der Waals surface area contributed by atoms with Gasteiger partial charge in [-0.05, 0) is 55.2 Å². The highest BCUT2D eigenvalue weighted by Gasteiger charge is 2.52. The molecule has 0 aliphatic carbocycles. The molecule has 2 aliphatic rings. The average Bonchev–Trinajstić information content (AvgIpc) is 3.19. The van der Waals surface area contributed by atoms with E-state index < -0.39 is 26.4 Å². The molecule has 2 aromatic rings. The van der Waals surface area contributed by atoms with Gasteiger partial charge < -0.3 is 9.47 Å². The maximum atomic E-state index is 13.3. The molecular weight excluding hydrogens is 524 g/mol. The third-order valence-electron chi connectivity index (χ3n) is 6.78. The minimum absolute atomic E-state index is 0.0707. The predicted octanol–water partition coefficient (Wildman–Crippen LogP) is 2.48. The van der Waals surface area contributed by atoms with Crippen LogP contribution in [0.25, 0.3) is 0 Å². The van der Waals surface area contributed by atoms with Crippen molar-refractivity contribution in [2.24, 2.45) is 0 Å². The lowest BCUT2D eigenvalue weighted by Gasteiger charge is -2.34. The standard InChI is InChI=1S/C25H27ClN2O8S/c26-21-5-2-1-4-19(21)20-16-22(29)28(23(20)30)12-3-13-36-17-6-8-18(9-7-17)37(33,34)25(24(31)27-32)10-14-35-15-11-25/h1-2,4-9,20,32H,3,10-16H2,(H,27,31). The van der Waals surface area contributed by atoms with Crippen molar-refractivity contribution in [1.29, 1.82) is 0 Å². The van der Waals surface area contributed by atoms with Crippen LogP contribution in [-0.4, -0.2) is 67.4 Å². The highest BCUT2D eigenvalue weighted by Crippen LogP contribution is 2.36. The number of sulfone groups is 1. The second-order valence-electron chi connectivity index (χ2n) is 8.89. The summed E-state index contributed by atoms with van der Waals surface area (Å²) in [7, 11) is -4.13. The van der Waals surface area contributed by atoms with Gasteiger partial charge in [0.25, 0.3) is 5.91 Å². The Morgan fingerprint density at radius 2 is 1.81 bits per heavy atom. The number of imide groups is 1. The first-order valence-electron chi connectivity index (χ1n) is 11.8. The van der Waals surface area contributed by atoms with E-state index in [0.29, 0.717) is 22.8 Å². The van der Waals surface area contributed by atoms with Crippen LogP contribution in [-0.2, 0) is 29.0 Å². The number of hydrogen-bond donors (Lipinski definition) is 2. The van der Waals surface area contributed by atoms with Crippen molar-refractivity contribution >= 4 is 39.2 Å². The van der Waals surface area contributed by atoms with Gasteiger partial charge in [0.1, 0.15) is 5.75 Å². The van der Waals surface area contributed by atoms with Gasteiger partial charge in [0.15, 0.2) is 14.6 Å². The number of carbonyl (C=O) groups is 3. The Morgan fingerprint density at radius 1 is 1.14 bits per heavy atom. The predicted molar refractivity (Wildman–Crippen MR) is 132 cm³/mol. The Morgan fingerprint density at radius 3 is 2.46 bits per heavy atom. The molecule has 2 N–H and O–H groups in total. The lowest BCUT2D eigenvalue weighted by atomic mass is 9.97. The molecule has 37 heavy (non-hydrogen) atoms. The Bertz CT molecular complexity index is 1280. The SMILES string of the molecule is O=C1CC(c2ccccc2Cl)C(=O)N1CCCOc1ccc(S(=O)(=O)C2(C(=O)NO)CCOCC2)cc1. The Hall–Kier alpha value is -2.99. The summed E-state index contributed by atoms with van der Waals surface area (Å²) in [4.78, 5) is 38.7. The first-order chi connectivity index (χ1) is 17.7. The van der Waals surface area contributed by atoms with Crippen LogP contribution in [0.4, 0.5) is 0 Å². The first-order valence-corrected chi connectivity index (χ1v) is 13.7. The molecule has 0 radical (unpaired) electrons. The summed E-state index contributed by atoms with van der Waals surface area (Å²) in [5, 5.41) is 9.60. The third kappa shape index (κ3) is 5.22. The zero-order chi connectivity index (χ0) is 26.6. The van der Waals surface area contributed by atoms with Gasteiger partial charge in [-0.25, -0.2) is 13.9 Å². The van der Waals surface area contributed by atoms with Crippen LogP contribution in [0.3, 0.4) is 0 Å². The molecule has 2 fully saturated rings. The summed E-state index contributed by atoms with van der Waals surface area (Å²) in [6, 6.07) is 12.6. The highest BCUT2D eigenvalue weighted by atomic mass is 35.5. The van der Waals surface area contributed by atoms with E-state index in [2.05, 4.69) is 0 Å². The van der Waals surface area contributed by atoms with Gasteiger partial charge in [0, 0.05) is 31.2 Å². The second-order valence-corrected chi connectivity index (χ2v) is 11.6. The molecule has 198 valence electrons. The number of carbonyl (C=O) groups excluding carboxylic acids is 3. The molecular formula is C25H27ClN2O8S. The molecule has 0 saturated carbocycles. The molecule has 1 unspecified atom stereocenters. The minimum Gasteiger partial charge on any atom is -0.494 e. The van der Waals surface area contributed by atoms with Crippen molar-refractivity contribution in [3.05, 3.63) is 59.1 Å². The Kier molecular flexibility index (Phi) is 8.17. The van der Waals surface area contributed by atoms with Crippen LogP contribution in [0.2, 0.25) is 5.02 Å². The topological polar surface area (TPSA) is 139 Å². The number of nitrogens with zero attached hydrogens (tertiary/aromatic N) is 1. The van der Waals surface area contributed by atoms with Crippen LogP contribution < -0.4 is 10.2 Å². The number of nitrogens with one attached hydrogen (secondary N) is 1. The molecule has 2 aliphatic heterocycles. The monoisotopic (exact) mass is 550 g/mol. The maximum Gasteiger partial charge on any atom is 0.265 e. The number of rotatable bonds is 9. The molecule has 0 aromatic heterocycles. The second kappa shape index (κ2) is 11.2. The quantitative estimate of drug-likeness (QED) is 0.210. The van der Waals surface area contributed by atoms with Crippen LogP contribution in [0.15, 0.2) is 53.4 Å². The number of halogens is 1. The molecule has 0 bridgehead atoms. The van der Waals surface area contributed by atoms with Crippen LogP contribution in [0, 0.1) is 0 Å². The van der Waals surface area contributed by atoms with Gasteiger partial charge in [-0.15, -0.1) is 0 Å². The fourth-order valence-corrected chi connectivity index (χ4v) is 6.90. The fraction of sp³-hybridized carbons (Fsp3) is 0.400. The van der Waals surface area contributed by atoms with Gasteiger partial charge in [0.05, 0.1) is 17.4 Å². The van der Waals surface area contributed by atoms with Gasteiger partial charge in [-0.1, -0.05) is 29.8 Å². The van der Waals surface area contributed by atoms with E-state index in [-0.39, 0.29) is 62.3 Å². The van der Waals surface area contributed by atoms with Crippen molar-refractivity contribution in [3.63, 3.8) is 0 Å². The number of hydrogen-bond acceptors (Lipinski definition) is 8. The summed E-state index contributed by atoms with van der Waals surface area (Å²) >= 11 is 6.20. The average molecular weight is 551 g/mol. The number of benzene rings is 2. The molecule has 0 spiro atoms. The zero-order valence-corrected chi connectivity index (χ0v) is 21.5. The molecule has 2 heterocycles. The molecule has 12 heteroatoms. The van der Waals surface area contributed by atoms with Crippen molar-refractivity contribution in [2.45, 2.75) is 41.2 Å². The normalized spacial score (nSPS) is 19.6. The Balaban J connectivity index is 1.34. The zero-order valence-electron chi connectivity index (χ0n) is 19.9. The number of ether oxygens (including phenoxy) is 2. The van der Waals surface area contributed by atoms with E-state index >= 15 is 0 Å². The molecule has 2 aromatic carbocycles. The lowest BCUT2D eigenvalue weighted by Crippen LogP contribution is -2.54. The van der Waals surface area contributed by atoms with E-state index in [9.17, 15) is 22.8 Å². The van der Waals surface area contributed by atoms with Crippen molar-refractivity contribution in [1.82, 2.24) is 10.4 Å². The number of likely N-dealkylation sites (tertiary alicyclic amines) is 1. The summed E-state index contributed by atoms with van der Waals surface area (Å²) < 4.78 is 35.6. The van der Waals surface area contributed by atoms with E-state index in [1.165, 1.54) is 34.6 Å². The summed E-state index contributed by atoms with van der Waals surface area (Å²) in [5.74, 6) is -1.75. The summed E-state index contributed by atoms with van der Waals surface area (Å²) in [6.07, 6.45) is 0.296. The van der Waals surface area contributed by atoms with Crippen molar-refractivity contribution < 1.29 is 37.5 Å². The molecule has 3 amide bonds. The molecule has 2 saturated heterocycles. The summed E-state index contributed by atoms with van der Waals surface area (Å²) in [6.45, 7) is 0.532. The van der Waals surface area contributed by atoms with E-state index in [1.807, 2.05) is 0 Å². The number of hydroxylamine groups is 1. The maximum absolute atomic E-state index is 13.3. The van der Waals surface area contributed by atoms with E-state index in [0.717, 1.165) is 0 Å². The van der Waals surface area contributed by atoms with E-state index in [4.69, 9.17) is 26.3 Å². The fourth-order valence-electron chi connectivity index (χ4n) is 4.69. The van der Waals surface area contributed by atoms with Crippen molar-refractivity contribution in [3.8, 4) is 5.75 Å². The van der Waals surface area contributed by atoms with Crippen molar-refractivity contribution in [2.75, 3.05) is 26.4 Å². The molecule has 1 atom stereocenters. The van der Waals surface area contributed by atoms with Gasteiger partial charge in [0.2, 0.25) is 11.8 Å². The number of amides is 3. The van der Waals surface area contributed by atoms with Gasteiger partial charge >= 0.3 is 0 Å². The minimum atomic E-state index is -4.13. The lowest BCUT2D eigenvalue weighted by molar-refractivity contribution is -0.139. The summed E-state index contributed by atoms with van der Waals surface area (Å²) in [5.41, 5.74) is 2.12. The van der Waals surface area contributed by atoms with Crippen LogP contribution >= 0.6 is 11.6 Å². The smallest absolute Gasteiger partial charge is 0.265 e. The van der Waals surface area contributed by atoms with Gasteiger partial charge in [-0.2, -0.15) is 0 Å². The largest absolute Gasteiger partial charge is 0.494 e. The highest BCUT2D eigenvalue weighted by molar-refractivity contribution is 7.93. The Labute approximate surface area is 219 Å². The third-order valence-corrected chi connectivity index (χ3v) is 9.64. The first kappa shape index (κ1) is 27.1. The molecule has 10 nitrogen and oxygen atoms in total. The van der Waals surface area contributed by atoms with E-state index in [1.54, 1.807) is 24.3 Å². The van der Waals surface area contributed by atoms with Gasteiger partial charge in [-0.3, -0.25) is 24.5 Å². The van der Waals surface area contributed by atoms with Crippen LogP contribution in [0.5, 0.6) is 5.75 Å². The van der Waals surface area contributed by atoms with Crippen LogP contribution in [0.1, 0.15) is 37.2 Å². The molecule has 4 rings (SSSR count).